The average molecular weight is 312 g/mol. The third-order valence-corrected chi connectivity index (χ3v) is 3.42. The van der Waals surface area contributed by atoms with Crippen LogP contribution in [0.5, 0.6) is 0 Å². The third kappa shape index (κ3) is 3.49. The van der Waals surface area contributed by atoms with E-state index in [0.29, 0.717) is 17.3 Å². The first kappa shape index (κ1) is 15.2. The van der Waals surface area contributed by atoms with Gasteiger partial charge in [-0.2, -0.15) is 0 Å². The lowest BCUT2D eigenvalue weighted by molar-refractivity contribution is -0.497. The molecule has 0 saturated heterocycles. The second-order valence-corrected chi connectivity index (χ2v) is 5.17. The van der Waals surface area contributed by atoms with E-state index in [0.717, 1.165) is 0 Å². The second kappa shape index (κ2) is 6.09. The van der Waals surface area contributed by atoms with Crippen molar-refractivity contribution in [3.8, 4) is 0 Å². The number of nitro groups is 1. The fourth-order valence-corrected chi connectivity index (χ4v) is 2.16. The standard InChI is InChI=1S/C13H14ClN3O4/c1-2-15-12(18)8-5-7(14)3-4-10(8)16-13(19)9-6-11(9)17(20)21/h3-5,9,11H,2,6H2,1H3,(H,15,18)(H,16,19). The van der Waals surface area contributed by atoms with E-state index in [2.05, 4.69) is 10.6 Å². The van der Waals surface area contributed by atoms with Gasteiger partial charge in [0.15, 0.2) is 0 Å². The highest BCUT2D eigenvalue weighted by Crippen LogP contribution is 2.34. The van der Waals surface area contributed by atoms with E-state index < -0.39 is 22.8 Å². The highest BCUT2D eigenvalue weighted by Gasteiger charge is 2.53. The minimum absolute atomic E-state index is 0.225. The Kier molecular flexibility index (Phi) is 4.42. The molecule has 0 spiro atoms. The Labute approximate surface area is 125 Å². The Morgan fingerprint density at radius 1 is 1.48 bits per heavy atom. The highest BCUT2D eigenvalue weighted by atomic mass is 35.5. The molecule has 1 aromatic rings. The summed E-state index contributed by atoms with van der Waals surface area (Å²) < 4.78 is 0. The number of carbonyl (C=O) groups excluding carboxylic acids is 2. The van der Waals surface area contributed by atoms with Gasteiger partial charge in [0.2, 0.25) is 11.9 Å². The molecule has 1 saturated carbocycles. The number of hydrogen-bond acceptors (Lipinski definition) is 4. The first-order valence-corrected chi connectivity index (χ1v) is 6.84. The zero-order valence-electron chi connectivity index (χ0n) is 11.3. The first-order valence-electron chi connectivity index (χ1n) is 6.46. The lowest BCUT2D eigenvalue weighted by Gasteiger charge is -2.11. The van der Waals surface area contributed by atoms with Gasteiger partial charge < -0.3 is 10.6 Å². The van der Waals surface area contributed by atoms with E-state index in [9.17, 15) is 19.7 Å². The summed E-state index contributed by atoms with van der Waals surface area (Å²) in [4.78, 5) is 34.0. The Bertz CT molecular complexity index is 605. The maximum atomic E-state index is 11.9. The van der Waals surface area contributed by atoms with Crippen LogP contribution in [0, 0.1) is 16.0 Å². The van der Waals surface area contributed by atoms with Gasteiger partial charge in [0, 0.05) is 22.9 Å². The molecular formula is C13H14ClN3O4. The van der Waals surface area contributed by atoms with Crippen LogP contribution in [0.1, 0.15) is 23.7 Å². The smallest absolute Gasteiger partial charge is 0.253 e. The predicted molar refractivity (Wildman–Crippen MR) is 77.0 cm³/mol. The molecule has 0 bridgehead atoms. The molecule has 0 aliphatic heterocycles. The number of rotatable bonds is 5. The summed E-state index contributed by atoms with van der Waals surface area (Å²) in [6, 6.07) is 3.66. The molecule has 112 valence electrons. The van der Waals surface area contributed by atoms with Crippen molar-refractivity contribution in [1.82, 2.24) is 5.32 Å². The average Bonchev–Trinajstić information content (AvgIpc) is 3.21. The van der Waals surface area contributed by atoms with E-state index in [-0.39, 0.29) is 17.9 Å². The molecule has 1 fully saturated rings. The maximum absolute atomic E-state index is 11.9. The molecule has 0 aromatic heterocycles. The molecule has 1 aliphatic rings. The molecule has 7 nitrogen and oxygen atoms in total. The lowest BCUT2D eigenvalue weighted by Crippen LogP contribution is -2.25. The van der Waals surface area contributed by atoms with Crippen molar-refractivity contribution in [2.75, 3.05) is 11.9 Å². The fraction of sp³-hybridized carbons (Fsp3) is 0.385. The SMILES string of the molecule is CCNC(=O)c1cc(Cl)ccc1NC(=O)C1CC1[N+](=O)[O-]. The largest absolute Gasteiger partial charge is 0.352 e. The van der Waals surface area contributed by atoms with Gasteiger partial charge in [0.25, 0.3) is 5.91 Å². The van der Waals surface area contributed by atoms with Crippen LogP contribution in [0.25, 0.3) is 0 Å². The monoisotopic (exact) mass is 311 g/mol. The molecule has 1 aromatic carbocycles. The second-order valence-electron chi connectivity index (χ2n) is 4.73. The zero-order valence-corrected chi connectivity index (χ0v) is 12.0. The zero-order chi connectivity index (χ0) is 15.6. The van der Waals surface area contributed by atoms with Gasteiger partial charge in [-0.1, -0.05) is 11.6 Å². The van der Waals surface area contributed by atoms with Gasteiger partial charge in [0.05, 0.1) is 11.3 Å². The van der Waals surface area contributed by atoms with Crippen LogP contribution < -0.4 is 10.6 Å². The third-order valence-electron chi connectivity index (χ3n) is 3.19. The van der Waals surface area contributed by atoms with Crippen molar-refractivity contribution in [3.63, 3.8) is 0 Å². The number of nitrogens with one attached hydrogen (secondary N) is 2. The molecule has 0 radical (unpaired) electrons. The van der Waals surface area contributed by atoms with Gasteiger partial charge in [-0.15, -0.1) is 0 Å². The molecule has 2 atom stereocenters. The summed E-state index contributed by atoms with van der Waals surface area (Å²) in [5, 5.41) is 16.1. The van der Waals surface area contributed by atoms with Crippen molar-refractivity contribution in [1.29, 1.82) is 0 Å². The van der Waals surface area contributed by atoms with E-state index >= 15 is 0 Å². The molecule has 21 heavy (non-hydrogen) atoms. The van der Waals surface area contributed by atoms with Crippen molar-refractivity contribution in [2.45, 2.75) is 19.4 Å². The van der Waals surface area contributed by atoms with Gasteiger partial charge in [-0.3, -0.25) is 19.7 Å². The van der Waals surface area contributed by atoms with Crippen LogP contribution in [0.2, 0.25) is 5.02 Å². The Balaban J connectivity index is 2.14. The summed E-state index contributed by atoms with van der Waals surface area (Å²) in [5.41, 5.74) is 0.528. The lowest BCUT2D eigenvalue weighted by atomic mass is 10.1. The van der Waals surface area contributed by atoms with Gasteiger partial charge in [-0.25, -0.2) is 0 Å². The summed E-state index contributed by atoms with van der Waals surface area (Å²) in [5.74, 6) is -1.46. The van der Waals surface area contributed by atoms with Gasteiger partial charge in [-0.05, 0) is 25.1 Å². The predicted octanol–water partition coefficient (Wildman–Crippen LogP) is 1.69. The first-order chi connectivity index (χ1) is 9.93. The van der Waals surface area contributed by atoms with Crippen LogP contribution in [0.4, 0.5) is 5.69 Å². The molecule has 8 heteroatoms. The van der Waals surface area contributed by atoms with E-state index in [1.165, 1.54) is 18.2 Å². The normalized spacial score (nSPS) is 19.7. The molecule has 2 unspecified atom stereocenters. The van der Waals surface area contributed by atoms with Crippen molar-refractivity contribution in [3.05, 3.63) is 38.9 Å². The Hall–Kier alpha value is -2.15. The van der Waals surface area contributed by atoms with Crippen molar-refractivity contribution < 1.29 is 14.5 Å². The van der Waals surface area contributed by atoms with E-state index in [1.54, 1.807) is 6.92 Å². The molecular weight excluding hydrogens is 298 g/mol. The molecule has 0 heterocycles. The number of halogens is 1. The minimum atomic E-state index is -0.829. The van der Waals surface area contributed by atoms with Gasteiger partial charge in [0.1, 0.15) is 5.92 Å². The van der Waals surface area contributed by atoms with Crippen molar-refractivity contribution >= 4 is 29.1 Å². The topological polar surface area (TPSA) is 101 Å². The van der Waals surface area contributed by atoms with Crippen LogP contribution in [-0.2, 0) is 4.79 Å². The number of anilines is 1. The summed E-state index contributed by atoms with van der Waals surface area (Å²) in [6.45, 7) is 2.21. The van der Waals surface area contributed by atoms with Crippen LogP contribution in [0.3, 0.4) is 0 Å². The fourth-order valence-electron chi connectivity index (χ4n) is 1.99. The number of carbonyl (C=O) groups is 2. The minimum Gasteiger partial charge on any atom is -0.352 e. The molecule has 2 N–H and O–H groups in total. The number of amides is 2. The maximum Gasteiger partial charge on any atom is 0.253 e. The molecule has 2 amide bonds. The Morgan fingerprint density at radius 2 is 2.19 bits per heavy atom. The van der Waals surface area contributed by atoms with Gasteiger partial charge >= 0.3 is 0 Å². The summed E-state index contributed by atoms with van der Waals surface area (Å²) in [7, 11) is 0. The molecule has 2 rings (SSSR count). The van der Waals surface area contributed by atoms with E-state index in [1.807, 2.05) is 0 Å². The number of hydrogen-bond donors (Lipinski definition) is 2. The summed E-state index contributed by atoms with van der Waals surface area (Å²) in [6.07, 6.45) is 0.225. The number of benzene rings is 1. The van der Waals surface area contributed by atoms with Crippen molar-refractivity contribution in [2.24, 2.45) is 5.92 Å². The highest BCUT2D eigenvalue weighted by molar-refractivity contribution is 6.31. The van der Waals surface area contributed by atoms with Crippen LogP contribution in [0.15, 0.2) is 18.2 Å². The van der Waals surface area contributed by atoms with Crippen LogP contribution >= 0.6 is 11.6 Å². The Morgan fingerprint density at radius 3 is 2.76 bits per heavy atom. The number of nitrogens with zero attached hydrogens (tertiary/aromatic N) is 1. The van der Waals surface area contributed by atoms with Crippen LogP contribution in [-0.4, -0.2) is 29.3 Å². The van der Waals surface area contributed by atoms with E-state index in [4.69, 9.17) is 11.6 Å². The summed E-state index contributed by atoms with van der Waals surface area (Å²) >= 11 is 5.86. The molecule has 1 aliphatic carbocycles. The quantitative estimate of drug-likeness (QED) is 0.638.